The predicted molar refractivity (Wildman–Crippen MR) is 86.6 cm³/mol. The van der Waals surface area contributed by atoms with Crippen LogP contribution >= 0.6 is 23.2 Å². The summed E-state index contributed by atoms with van der Waals surface area (Å²) in [6.07, 6.45) is 2.21. The minimum Gasteiger partial charge on any atom is -0.355 e. The molecule has 2 aromatic heterocycles. The van der Waals surface area contributed by atoms with Gasteiger partial charge in [0.25, 0.3) is 0 Å². The number of benzene rings is 1. The Morgan fingerprint density at radius 3 is 2.82 bits per heavy atom. The number of anilines is 1. The summed E-state index contributed by atoms with van der Waals surface area (Å²) < 4.78 is 0. The van der Waals surface area contributed by atoms with Gasteiger partial charge in [-0.05, 0) is 29.8 Å². The molecular weight excluding hydrogens is 325 g/mol. The number of hydrogen-bond acceptors (Lipinski definition) is 4. The minimum absolute atomic E-state index is 0.487. The maximum absolute atomic E-state index is 9.73. The van der Waals surface area contributed by atoms with Gasteiger partial charge in [-0.3, -0.25) is 15.0 Å². The van der Waals surface area contributed by atoms with Crippen molar-refractivity contribution in [3.05, 3.63) is 57.8 Å². The molecule has 5 nitrogen and oxygen atoms in total. The standard InChI is InChI=1S/C15H13Cl2N3O2/c1-22-20(21)14-4-5-18-13-8-11(19-15(13)14)6-9-2-3-10(16)7-12(9)17/h2-5,7-8,19,21H,6H2,1H3. The highest BCUT2D eigenvalue weighted by molar-refractivity contribution is 6.35. The van der Waals surface area contributed by atoms with E-state index in [0.29, 0.717) is 32.9 Å². The molecule has 0 bridgehead atoms. The number of pyridine rings is 1. The summed E-state index contributed by atoms with van der Waals surface area (Å²) in [5, 5.41) is 11.6. The molecule has 0 aliphatic heterocycles. The van der Waals surface area contributed by atoms with E-state index in [4.69, 9.17) is 28.0 Å². The van der Waals surface area contributed by atoms with E-state index in [1.165, 1.54) is 7.11 Å². The van der Waals surface area contributed by atoms with E-state index >= 15 is 0 Å². The third kappa shape index (κ3) is 2.89. The van der Waals surface area contributed by atoms with Gasteiger partial charge >= 0.3 is 0 Å². The van der Waals surface area contributed by atoms with E-state index in [9.17, 15) is 5.21 Å². The maximum atomic E-state index is 9.73. The molecule has 0 saturated heterocycles. The fourth-order valence-electron chi connectivity index (χ4n) is 2.29. The van der Waals surface area contributed by atoms with E-state index in [0.717, 1.165) is 16.8 Å². The van der Waals surface area contributed by atoms with Gasteiger partial charge in [-0.2, -0.15) is 0 Å². The van der Waals surface area contributed by atoms with Gasteiger partial charge in [-0.25, -0.2) is 0 Å². The van der Waals surface area contributed by atoms with Crippen LogP contribution in [0.2, 0.25) is 10.0 Å². The van der Waals surface area contributed by atoms with Crippen LogP contribution in [0.3, 0.4) is 0 Å². The lowest BCUT2D eigenvalue weighted by atomic mass is 10.1. The van der Waals surface area contributed by atoms with Crippen molar-refractivity contribution in [3.8, 4) is 0 Å². The van der Waals surface area contributed by atoms with E-state index in [-0.39, 0.29) is 0 Å². The van der Waals surface area contributed by atoms with E-state index in [2.05, 4.69) is 9.97 Å². The summed E-state index contributed by atoms with van der Waals surface area (Å²) in [5.74, 6) is 0. The zero-order valence-electron chi connectivity index (χ0n) is 11.7. The van der Waals surface area contributed by atoms with Gasteiger partial charge < -0.3 is 4.98 Å². The highest BCUT2D eigenvalue weighted by Crippen LogP contribution is 2.27. The van der Waals surface area contributed by atoms with Crippen molar-refractivity contribution in [2.24, 2.45) is 0 Å². The van der Waals surface area contributed by atoms with E-state index < -0.39 is 0 Å². The lowest BCUT2D eigenvalue weighted by Crippen LogP contribution is -2.16. The Labute approximate surface area is 137 Å². The first-order valence-electron chi connectivity index (χ1n) is 6.52. The van der Waals surface area contributed by atoms with Crippen molar-refractivity contribution in [1.29, 1.82) is 0 Å². The third-order valence-electron chi connectivity index (χ3n) is 3.33. The van der Waals surface area contributed by atoms with Crippen LogP contribution in [0.15, 0.2) is 36.5 Å². The number of halogens is 2. The Bertz CT molecular complexity index is 820. The lowest BCUT2D eigenvalue weighted by molar-refractivity contribution is -0.0103. The van der Waals surface area contributed by atoms with Gasteiger partial charge in [0.2, 0.25) is 0 Å². The number of aromatic nitrogens is 2. The van der Waals surface area contributed by atoms with Crippen LogP contribution in [-0.4, -0.2) is 22.3 Å². The second-order valence-corrected chi connectivity index (χ2v) is 5.60. The Hall–Kier alpha value is -1.79. The summed E-state index contributed by atoms with van der Waals surface area (Å²) in [7, 11) is 1.38. The van der Waals surface area contributed by atoms with Crippen molar-refractivity contribution in [2.45, 2.75) is 6.42 Å². The fraction of sp³-hybridized carbons (Fsp3) is 0.133. The molecule has 22 heavy (non-hydrogen) atoms. The molecule has 0 radical (unpaired) electrons. The van der Waals surface area contributed by atoms with Crippen molar-refractivity contribution < 1.29 is 10.0 Å². The Kier molecular flexibility index (Phi) is 4.22. The molecule has 2 heterocycles. The molecule has 3 aromatic rings. The van der Waals surface area contributed by atoms with Gasteiger partial charge in [0.05, 0.1) is 18.1 Å². The monoisotopic (exact) mass is 337 g/mol. The van der Waals surface area contributed by atoms with Crippen molar-refractivity contribution in [2.75, 3.05) is 12.3 Å². The number of nitrogens with zero attached hydrogens (tertiary/aromatic N) is 2. The Morgan fingerprint density at radius 2 is 2.09 bits per heavy atom. The van der Waals surface area contributed by atoms with Crippen LogP contribution < -0.4 is 5.23 Å². The first kappa shape index (κ1) is 15.1. The number of hydrogen-bond donors (Lipinski definition) is 2. The molecule has 0 spiro atoms. The zero-order valence-corrected chi connectivity index (χ0v) is 13.2. The van der Waals surface area contributed by atoms with Crippen LogP contribution in [0.4, 0.5) is 5.69 Å². The first-order chi connectivity index (χ1) is 10.6. The van der Waals surface area contributed by atoms with E-state index in [1.54, 1.807) is 24.4 Å². The molecule has 7 heteroatoms. The van der Waals surface area contributed by atoms with Gasteiger partial charge in [0.15, 0.2) is 0 Å². The normalized spacial score (nSPS) is 11.1. The molecule has 0 amide bonds. The van der Waals surface area contributed by atoms with Crippen LogP contribution in [0, 0.1) is 0 Å². The molecule has 0 fully saturated rings. The predicted octanol–water partition coefficient (Wildman–Crippen LogP) is 4.22. The fourth-order valence-corrected chi connectivity index (χ4v) is 2.76. The molecule has 3 rings (SSSR count). The summed E-state index contributed by atoms with van der Waals surface area (Å²) in [6.45, 7) is 0. The summed E-state index contributed by atoms with van der Waals surface area (Å²) >= 11 is 12.1. The largest absolute Gasteiger partial charge is 0.355 e. The maximum Gasteiger partial charge on any atom is 0.122 e. The van der Waals surface area contributed by atoms with Crippen LogP contribution in [0.5, 0.6) is 0 Å². The summed E-state index contributed by atoms with van der Waals surface area (Å²) in [4.78, 5) is 12.3. The molecule has 0 unspecified atom stereocenters. The van der Waals surface area contributed by atoms with Gasteiger partial charge in [0, 0.05) is 28.4 Å². The lowest BCUT2D eigenvalue weighted by Gasteiger charge is -2.13. The number of fused-ring (bicyclic) bond motifs is 1. The molecule has 114 valence electrons. The highest BCUT2D eigenvalue weighted by Gasteiger charge is 2.12. The topological polar surface area (TPSA) is 61.4 Å². The second kappa shape index (κ2) is 6.14. The van der Waals surface area contributed by atoms with Crippen molar-refractivity contribution in [3.63, 3.8) is 0 Å². The second-order valence-electron chi connectivity index (χ2n) is 4.75. The van der Waals surface area contributed by atoms with Crippen LogP contribution in [0.25, 0.3) is 11.0 Å². The van der Waals surface area contributed by atoms with Crippen LogP contribution in [-0.2, 0) is 11.3 Å². The SMILES string of the molecule is CON(O)c1ccnc2cc(Cc3ccc(Cl)cc3Cl)[nH]c12. The van der Waals surface area contributed by atoms with Crippen LogP contribution in [0.1, 0.15) is 11.3 Å². The molecular formula is C15H13Cl2N3O2. The van der Waals surface area contributed by atoms with Crippen molar-refractivity contribution >= 4 is 39.9 Å². The molecule has 1 aromatic carbocycles. The molecule has 2 N–H and O–H groups in total. The Balaban J connectivity index is 1.98. The number of H-pyrrole nitrogens is 1. The quantitative estimate of drug-likeness (QED) is 0.700. The molecule has 0 atom stereocenters. The molecule has 0 aliphatic carbocycles. The zero-order chi connectivity index (χ0) is 15.7. The Morgan fingerprint density at radius 1 is 1.27 bits per heavy atom. The first-order valence-corrected chi connectivity index (χ1v) is 7.27. The average molecular weight is 338 g/mol. The summed E-state index contributed by atoms with van der Waals surface area (Å²) in [6, 6.07) is 8.97. The smallest absolute Gasteiger partial charge is 0.122 e. The summed E-state index contributed by atoms with van der Waals surface area (Å²) in [5.41, 5.74) is 3.78. The van der Waals surface area contributed by atoms with Gasteiger partial charge in [-0.15, -0.1) is 5.23 Å². The number of rotatable bonds is 4. The van der Waals surface area contributed by atoms with Gasteiger partial charge in [0.1, 0.15) is 5.69 Å². The van der Waals surface area contributed by atoms with E-state index in [1.807, 2.05) is 12.1 Å². The number of aromatic amines is 1. The number of nitrogens with one attached hydrogen (secondary N) is 1. The third-order valence-corrected chi connectivity index (χ3v) is 3.92. The van der Waals surface area contributed by atoms with Crippen molar-refractivity contribution in [1.82, 2.24) is 9.97 Å². The highest BCUT2D eigenvalue weighted by atomic mass is 35.5. The molecule has 0 aliphatic rings. The molecule has 0 saturated carbocycles. The average Bonchev–Trinajstić information content (AvgIpc) is 2.91. The minimum atomic E-state index is 0.487. The van der Waals surface area contributed by atoms with Gasteiger partial charge in [-0.1, -0.05) is 29.3 Å².